The number of para-hydroxylation sites is 1. The van der Waals surface area contributed by atoms with Gasteiger partial charge in [0.05, 0.1) is 5.52 Å². The zero-order valence-electron chi connectivity index (χ0n) is 7.97. The number of halogens is 3. The maximum atomic E-state index is 12.5. The van der Waals surface area contributed by atoms with Crippen molar-refractivity contribution in [2.24, 2.45) is 0 Å². The lowest BCUT2D eigenvalue weighted by atomic mass is 10.1. The van der Waals surface area contributed by atoms with Crippen LogP contribution in [0.15, 0.2) is 30.3 Å². The van der Waals surface area contributed by atoms with E-state index in [9.17, 15) is 13.2 Å². The highest BCUT2D eigenvalue weighted by atomic mass is 19.4. The van der Waals surface area contributed by atoms with Gasteiger partial charge in [-0.15, -0.1) is 0 Å². The average molecular weight is 211 g/mol. The largest absolute Gasteiger partial charge is 0.433 e. The summed E-state index contributed by atoms with van der Waals surface area (Å²) in [6.07, 6.45) is -4.38. The molecule has 0 aliphatic carbocycles. The van der Waals surface area contributed by atoms with Crippen molar-refractivity contribution in [1.29, 1.82) is 0 Å². The molecule has 0 radical (unpaired) electrons. The Morgan fingerprint density at radius 2 is 1.80 bits per heavy atom. The Morgan fingerprint density at radius 1 is 1.13 bits per heavy atom. The first-order valence-corrected chi connectivity index (χ1v) is 4.42. The maximum absolute atomic E-state index is 12.5. The lowest BCUT2D eigenvalue weighted by molar-refractivity contribution is -0.141. The molecular weight excluding hydrogens is 203 g/mol. The zero-order chi connectivity index (χ0) is 11.1. The number of hydrogen-bond donors (Lipinski definition) is 0. The molecule has 78 valence electrons. The van der Waals surface area contributed by atoms with E-state index in [1.165, 1.54) is 13.0 Å². The number of nitrogens with zero attached hydrogens (tertiary/aromatic N) is 1. The van der Waals surface area contributed by atoms with Crippen molar-refractivity contribution in [2.45, 2.75) is 13.1 Å². The van der Waals surface area contributed by atoms with Gasteiger partial charge in [0, 0.05) is 5.39 Å². The van der Waals surface area contributed by atoms with Gasteiger partial charge in [-0.1, -0.05) is 18.2 Å². The first-order chi connectivity index (χ1) is 6.98. The summed E-state index contributed by atoms with van der Waals surface area (Å²) in [6, 6.07) is 8.27. The Morgan fingerprint density at radius 3 is 2.47 bits per heavy atom. The molecule has 0 fully saturated rings. The number of benzene rings is 1. The van der Waals surface area contributed by atoms with Crippen LogP contribution in [-0.2, 0) is 6.18 Å². The fourth-order valence-corrected chi connectivity index (χ4v) is 1.51. The molecule has 1 aromatic carbocycles. The van der Waals surface area contributed by atoms with Crippen LogP contribution in [0.2, 0.25) is 0 Å². The first kappa shape index (κ1) is 9.96. The highest BCUT2D eigenvalue weighted by Gasteiger charge is 2.34. The Hall–Kier alpha value is -1.58. The number of hydrogen-bond acceptors (Lipinski definition) is 1. The number of fused-ring (bicyclic) bond motifs is 1. The van der Waals surface area contributed by atoms with E-state index >= 15 is 0 Å². The summed E-state index contributed by atoms with van der Waals surface area (Å²) in [6.45, 7) is 1.42. The van der Waals surface area contributed by atoms with Gasteiger partial charge in [0.2, 0.25) is 0 Å². The number of pyridine rings is 1. The van der Waals surface area contributed by atoms with E-state index in [0.717, 1.165) is 5.39 Å². The molecule has 0 amide bonds. The minimum atomic E-state index is -4.38. The average Bonchev–Trinajstić information content (AvgIpc) is 2.15. The highest BCUT2D eigenvalue weighted by molar-refractivity contribution is 5.79. The molecule has 0 spiro atoms. The summed E-state index contributed by atoms with van der Waals surface area (Å²) >= 11 is 0. The van der Waals surface area contributed by atoms with Gasteiger partial charge in [0.15, 0.2) is 0 Å². The van der Waals surface area contributed by atoms with E-state index in [-0.39, 0.29) is 5.56 Å². The Bertz CT molecular complexity index is 503. The Balaban J connectivity index is 2.73. The topological polar surface area (TPSA) is 12.9 Å². The summed E-state index contributed by atoms with van der Waals surface area (Å²) in [7, 11) is 0. The second kappa shape index (κ2) is 3.22. The molecular formula is C11H8F3N. The molecule has 2 rings (SSSR count). The second-order valence-electron chi connectivity index (χ2n) is 3.34. The molecule has 4 heteroatoms. The van der Waals surface area contributed by atoms with Gasteiger partial charge in [-0.3, -0.25) is 0 Å². The molecule has 0 unspecified atom stereocenters. The molecule has 1 nitrogen and oxygen atoms in total. The van der Waals surface area contributed by atoms with Crippen LogP contribution in [0.1, 0.15) is 11.3 Å². The summed E-state index contributed by atoms with van der Waals surface area (Å²) in [5, 5.41) is 0.725. The molecule has 2 aromatic rings. The van der Waals surface area contributed by atoms with E-state index in [0.29, 0.717) is 5.52 Å². The van der Waals surface area contributed by atoms with Crippen LogP contribution < -0.4 is 0 Å². The third kappa shape index (κ3) is 1.79. The van der Waals surface area contributed by atoms with E-state index in [1.807, 2.05) is 0 Å². The van der Waals surface area contributed by atoms with Gasteiger partial charge in [-0.25, -0.2) is 4.98 Å². The van der Waals surface area contributed by atoms with Gasteiger partial charge in [-0.05, 0) is 24.6 Å². The van der Waals surface area contributed by atoms with Gasteiger partial charge in [0.1, 0.15) is 5.69 Å². The number of alkyl halides is 3. The molecule has 1 heterocycles. The molecule has 0 atom stereocenters. The van der Waals surface area contributed by atoms with Crippen LogP contribution in [0, 0.1) is 6.92 Å². The van der Waals surface area contributed by atoms with Crippen molar-refractivity contribution in [3.8, 4) is 0 Å². The van der Waals surface area contributed by atoms with Crippen LogP contribution in [0.4, 0.5) is 13.2 Å². The van der Waals surface area contributed by atoms with Crippen LogP contribution in [-0.4, -0.2) is 4.98 Å². The molecule has 0 saturated carbocycles. The van der Waals surface area contributed by atoms with E-state index in [2.05, 4.69) is 4.98 Å². The molecule has 1 aromatic heterocycles. The van der Waals surface area contributed by atoms with Crippen LogP contribution >= 0.6 is 0 Å². The van der Waals surface area contributed by atoms with Crippen LogP contribution in [0.5, 0.6) is 0 Å². The van der Waals surface area contributed by atoms with Crippen molar-refractivity contribution >= 4 is 10.9 Å². The molecule has 0 aliphatic heterocycles. The standard InChI is InChI=1S/C11H8F3N/c1-7-6-8-4-2-3-5-9(8)15-10(7)11(12,13)14/h2-6H,1H3. The van der Waals surface area contributed by atoms with E-state index in [4.69, 9.17) is 0 Å². The van der Waals surface area contributed by atoms with Crippen LogP contribution in [0.3, 0.4) is 0 Å². The molecule has 0 aliphatic rings. The lowest BCUT2D eigenvalue weighted by Gasteiger charge is -2.09. The monoisotopic (exact) mass is 211 g/mol. The predicted octanol–water partition coefficient (Wildman–Crippen LogP) is 3.56. The minimum Gasteiger partial charge on any atom is -0.243 e. The first-order valence-electron chi connectivity index (χ1n) is 4.42. The van der Waals surface area contributed by atoms with Crippen LogP contribution in [0.25, 0.3) is 10.9 Å². The van der Waals surface area contributed by atoms with Crippen molar-refractivity contribution < 1.29 is 13.2 Å². The third-order valence-corrected chi connectivity index (χ3v) is 2.18. The summed E-state index contributed by atoms with van der Waals surface area (Å²) in [4.78, 5) is 3.62. The fraction of sp³-hybridized carbons (Fsp3) is 0.182. The van der Waals surface area contributed by atoms with Gasteiger partial charge >= 0.3 is 6.18 Å². The number of aryl methyl sites for hydroxylation is 1. The van der Waals surface area contributed by atoms with Crippen molar-refractivity contribution in [2.75, 3.05) is 0 Å². The summed E-state index contributed by atoms with van der Waals surface area (Å²) in [5.41, 5.74) is -0.280. The van der Waals surface area contributed by atoms with Crippen molar-refractivity contribution in [3.05, 3.63) is 41.6 Å². The minimum absolute atomic E-state index is 0.154. The van der Waals surface area contributed by atoms with E-state index in [1.54, 1.807) is 24.3 Å². The third-order valence-electron chi connectivity index (χ3n) is 2.18. The Kier molecular flexibility index (Phi) is 2.14. The quantitative estimate of drug-likeness (QED) is 0.649. The Labute approximate surface area is 84.6 Å². The van der Waals surface area contributed by atoms with E-state index < -0.39 is 11.9 Å². The SMILES string of the molecule is Cc1cc2ccccc2nc1C(F)(F)F. The number of rotatable bonds is 0. The molecule has 0 saturated heterocycles. The van der Waals surface area contributed by atoms with Crippen molar-refractivity contribution in [3.63, 3.8) is 0 Å². The predicted molar refractivity (Wildman–Crippen MR) is 51.5 cm³/mol. The van der Waals surface area contributed by atoms with Gasteiger partial charge < -0.3 is 0 Å². The highest BCUT2D eigenvalue weighted by Crippen LogP contribution is 2.31. The fourth-order valence-electron chi connectivity index (χ4n) is 1.51. The van der Waals surface area contributed by atoms with Crippen molar-refractivity contribution in [1.82, 2.24) is 4.98 Å². The lowest BCUT2D eigenvalue weighted by Crippen LogP contribution is -2.10. The second-order valence-corrected chi connectivity index (χ2v) is 3.34. The molecule has 0 bridgehead atoms. The molecule has 15 heavy (non-hydrogen) atoms. The maximum Gasteiger partial charge on any atom is 0.433 e. The number of aromatic nitrogens is 1. The smallest absolute Gasteiger partial charge is 0.243 e. The molecule has 0 N–H and O–H groups in total. The van der Waals surface area contributed by atoms with Gasteiger partial charge in [-0.2, -0.15) is 13.2 Å². The van der Waals surface area contributed by atoms with Gasteiger partial charge in [0.25, 0.3) is 0 Å². The normalized spacial score (nSPS) is 12.0. The zero-order valence-corrected chi connectivity index (χ0v) is 7.97. The summed E-state index contributed by atoms with van der Waals surface area (Å²) < 4.78 is 37.5. The summed E-state index contributed by atoms with van der Waals surface area (Å²) in [5.74, 6) is 0.